The van der Waals surface area contributed by atoms with Crippen LogP contribution in [0.5, 0.6) is 11.5 Å². The van der Waals surface area contributed by atoms with Gasteiger partial charge in [0, 0.05) is 18.3 Å². The van der Waals surface area contributed by atoms with E-state index in [0.29, 0.717) is 30.2 Å². The summed E-state index contributed by atoms with van der Waals surface area (Å²) in [5, 5.41) is 8.79. The van der Waals surface area contributed by atoms with E-state index in [2.05, 4.69) is 22.0 Å². The molecule has 2 aromatic rings. The highest BCUT2D eigenvalue weighted by Gasteiger charge is 2.26. The van der Waals surface area contributed by atoms with Gasteiger partial charge in [-0.25, -0.2) is 0 Å². The normalized spacial score (nSPS) is 18.3. The molecule has 3 N–H and O–H groups in total. The van der Waals surface area contributed by atoms with Crippen LogP contribution in [0.15, 0.2) is 42.5 Å². The number of hydrogen-bond acceptors (Lipinski definition) is 5. The molecule has 0 bridgehead atoms. The molecule has 2 aliphatic heterocycles. The van der Waals surface area contributed by atoms with Gasteiger partial charge in [-0.2, -0.15) is 0 Å². The molecule has 27 heavy (non-hydrogen) atoms. The fraction of sp³-hybridized carbons (Fsp3) is 0.300. The van der Waals surface area contributed by atoms with Gasteiger partial charge < -0.3 is 25.4 Å². The van der Waals surface area contributed by atoms with Crippen molar-refractivity contribution < 1.29 is 19.1 Å². The Morgan fingerprint density at radius 1 is 1.11 bits per heavy atom. The van der Waals surface area contributed by atoms with Crippen molar-refractivity contribution in [3.63, 3.8) is 0 Å². The van der Waals surface area contributed by atoms with Gasteiger partial charge in [-0.15, -0.1) is 0 Å². The summed E-state index contributed by atoms with van der Waals surface area (Å²) in [4.78, 5) is 24.9. The Balaban J connectivity index is 1.34. The van der Waals surface area contributed by atoms with E-state index in [1.54, 1.807) is 25.1 Å². The van der Waals surface area contributed by atoms with Gasteiger partial charge in [0.15, 0.2) is 11.5 Å². The minimum Gasteiger partial charge on any atom is -0.454 e. The van der Waals surface area contributed by atoms with Crippen LogP contribution in [0.4, 0.5) is 5.69 Å². The molecule has 140 valence electrons. The predicted molar refractivity (Wildman–Crippen MR) is 99.6 cm³/mol. The largest absolute Gasteiger partial charge is 0.454 e. The van der Waals surface area contributed by atoms with Gasteiger partial charge in [-0.1, -0.05) is 24.3 Å². The number of ether oxygens (including phenoxy) is 2. The first-order valence-electron chi connectivity index (χ1n) is 8.91. The summed E-state index contributed by atoms with van der Waals surface area (Å²) < 4.78 is 10.6. The first-order chi connectivity index (χ1) is 13.1. The van der Waals surface area contributed by atoms with E-state index >= 15 is 0 Å². The molecule has 2 heterocycles. The van der Waals surface area contributed by atoms with Crippen LogP contribution in [-0.2, 0) is 22.6 Å². The lowest BCUT2D eigenvalue weighted by atomic mass is 9.95. The number of carbonyl (C=O) groups is 2. The lowest BCUT2D eigenvalue weighted by Crippen LogP contribution is -2.52. The van der Waals surface area contributed by atoms with Crippen molar-refractivity contribution in [2.24, 2.45) is 0 Å². The highest BCUT2D eigenvalue weighted by molar-refractivity contribution is 5.97. The first-order valence-corrected chi connectivity index (χ1v) is 8.91. The Labute approximate surface area is 157 Å². The van der Waals surface area contributed by atoms with Gasteiger partial charge in [0.1, 0.15) is 6.04 Å². The van der Waals surface area contributed by atoms with E-state index in [1.807, 2.05) is 18.2 Å². The maximum atomic E-state index is 12.5. The van der Waals surface area contributed by atoms with Crippen LogP contribution in [0.3, 0.4) is 0 Å². The van der Waals surface area contributed by atoms with E-state index < -0.39 is 6.04 Å². The van der Waals surface area contributed by atoms with Crippen molar-refractivity contribution in [2.75, 3.05) is 12.1 Å². The molecule has 0 aliphatic carbocycles. The molecule has 0 aromatic heterocycles. The van der Waals surface area contributed by atoms with Crippen molar-refractivity contribution in [1.82, 2.24) is 10.6 Å². The minimum atomic E-state index is -0.665. The monoisotopic (exact) mass is 367 g/mol. The average Bonchev–Trinajstić information content (AvgIpc) is 3.15. The van der Waals surface area contributed by atoms with Gasteiger partial charge in [0.25, 0.3) is 0 Å². The molecule has 2 amide bonds. The molecular weight excluding hydrogens is 346 g/mol. The summed E-state index contributed by atoms with van der Waals surface area (Å²) in [5.74, 6) is 0.767. The standard InChI is InChI=1S/C20H21N3O4/c1-12(19(24)23-15-6-7-17-18(9-15)27-11-26-17)22-20(25)16-8-13-4-2-3-5-14(13)10-21-16/h2-7,9,12,16,21H,8,10-11H2,1H3,(H,22,25)(H,23,24)/t12-,16+/m1/s1. The zero-order valence-corrected chi connectivity index (χ0v) is 15.0. The molecule has 7 nitrogen and oxygen atoms in total. The quantitative estimate of drug-likeness (QED) is 0.763. The van der Waals surface area contributed by atoms with Crippen LogP contribution in [0.25, 0.3) is 0 Å². The molecule has 0 saturated carbocycles. The molecule has 7 heteroatoms. The minimum absolute atomic E-state index is 0.177. The highest BCUT2D eigenvalue weighted by Crippen LogP contribution is 2.34. The number of carbonyl (C=O) groups excluding carboxylic acids is 2. The SMILES string of the molecule is C[C@@H](NC(=O)[C@@H]1Cc2ccccc2CN1)C(=O)Nc1ccc2c(c1)OCO2. The van der Waals surface area contributed by atoms with Crippen molar-refractivity contribution >= 4 is 17.5 Å². The molecule has 4 rings (SSSR count). The predicted octanol–water partition coefficient (Wildman–Crippen LogP) is 1.57. The second kappa shape index (κ2) is 7.28. The Morgan fingerprint density at radius 3 is 2.74 bits per heavy atom. The second-order valence-corrected chi connectivity index (χ2v) is 6.69. The van der Waals surface area contributed by atoms with Crippen molar-refractivity contribution in [3.8, 4) is 11.5 Å². The Bertz CT molecular complexity index is 883. The number of hydrogen-bond donors (Lipinski definition) is 3. The Morgan fingerprint density at radius 2 is 1.89 bits per heavy atom. The van der Waals surface area contributed by atoms with Gasteiger partial charge in [-0.3, -0.25) is 9.59 Å². The lowest BCUT2D eigenvalue weighted by Gasteiger charge is -2.26. The Kier molecular flexibility index (Phi) is 4.68. The smallest absolute Gasteiger partial charge is 0.246 e. The topological polar surface area (TPSA) is 88.7 Å². The summed E-state index contributed by atoms with van der Waals surface area (Å²) in [7, 11) is 0. The number of benzene rings is 2. The van der Waals surface area contributed by atoms with Crippen LogP contribution < -0.4 is 25.4 Å². The van der Waals surface area contributed by atoms with Crippen LogP contribution in [0.1, 0.15) is 18.1 Å². The van der Waals surface area contributed by atoms with E-state index in [1.165, 1.54) is 5.56 Å². The molecule has 2 aromatic carbocycles. The van der Waals surface area contributed by atoms with E-state index in [9.17, 15) is 9.59 Å². The highest BCUT2D eigenvalue weighted by atomic mass is 16.7. The maximum absolute atomic E-state index is 12.5. The van der Waals surface area contributed by atoms with Crippen molar-refractivity contribution in [1.29, 1.82) is 0 Å². The Hall–Kier alpha value is -3.06. The van der Waals surface area contributed by atoms with Crippen LogP contribution in [0, 0.1) is 0 Å². The van der Waals surface area contributed by atoms with E-state index in [4.69, 9.17) is 9.47 Å². The third-order valence-corrected chi connectivity index (χ3v) is 4.79. The summed E-state index contributed by atoms with van der Waals surface area (Å²) >= 11 is 0. The summed E-state index contributed by atoms with van der Waals surface area (Å²) in [6, 6.07) is 12.2. The number of fused-ring (bicyclic) bond motifs is 2. The molecule has 2 aliphatic rings. The second-order valence-electron chi connectivity index (χ2n) is 6.69. The summed E-state index contributed by atoms with van der Waals surface area (Å²) in [6.45, 7) is 2.49. The third-order valence-electron chi connectivity index (χ3n) is 4.79. The van der Waals surface area contributed by atoms with Crippen LogP contribution >= 0.6 is 0 Å². The number of rotatable bonds is 4. The van der Waals surface area contributed by atoms with Crippen molar-refractivity contribution in [2.45, 2.75) is 32.0 Å². The van der Waals surface area contributed by atoms with Gasteiger partial charge in [0.2, 0.25) is 18.6 Å². The van der Waals surface area contributed by atoms with Gasteiger partial charge in [0.05, 0.1) is 6.04 Å². The molecule has 0 spiro atoms. The van der Waals surface area contributed by atoms with E-state index in [-0.39, 0.29) is 24.6 Å². The number of nitrogens with one attached hydrogen (secondary N) is 3. The fourth-order valence-corrected chi connectivity index (χ4v) is 3.24. The third kappa shape index (κ3) is 3.73. The number of anilines is 1. The molecule has 0 fully saturated rings. The lowest BCUT2D eigenvalue weighted by molar-refractivity contribution is -0.127. The number of amides is 2. The first kappa shape index (κ1) is 17.4. The van der Waals surface area contributed by atoms with Crippen molar-refractivity contribution in [3.05, 3.63) is 53.6 Å². The zero-order valence-electron chi connectivity index (χ0n) is 15.0. The van der Waals surface area contributed by atoms with Crippen LogP contribution in [-0.4, -0.2) is 30.7 Å². The molecular formula is C20H21N3O4. The fourth-order valence-electron chi connectivity index (χ4n) is 3.24. The maximum Gasteiger partial charge on any atom is 0.246 e. The average molecular weight is 367 g/mol. The molecule has 0 unspecified atom stereocenters. The van der Waals surface area contributed by atoms with Gasteiger partial charge >= 0.3 is 0 Å². The molecule has 2 atom stereocenters. The zero-order chi connectivity index (χ0) is 18.8. The summed E-state index contributed by atoms with van der Waals surface area (Å²) in [5.41, 5.74) is 2.96. The summed E-state index contributed by atoms with van der Waals surface area (Å²) in [6.07, 6.45) is 0.610. The molecule has 0 saturated heterocycles. The van der Waals surface area contributed by atoms with E-state index in [0.717, 1.165) is 5.56 Å². The molecule has 0 radical (unpaired) electrons. The van der Waals surface area contributed by atoms with Crippen LogP contribution in [0.2, 0.25) is 0 Å². The van der Waals surface area contributed by atoms with Gasteiger partial charge in [-0.05, 0) is 36.6 Å².